The van der Waals surface area contributed by atoms with Crippen LogP contribution in [0.15, 0.2) is 33.0 Å². The molecule has 2 rings (SSSR count). The molecule has 7 nitrogen and oxygen atoms in total. The van der Waals surface area contributed by atoms with E-state index in [1.54, 1.807) is 0 Å². The van der Waals surface area contributed by atoms with Crippen LogP contribution in [0.5, 0.6) is 0 Å². The van der Waals surface area contributed by atoms with E-state index >= 15 is 0 Å². The van der Waals surface area contributed by atoms with Crippen LogP contribution in [0.4, 0.5) is 0 Å². The third-order valence-electron chi connectivity index (χ3n) is 3.31. The monoisotopic (exact) mass is 362 g/mol. The van der Waals surface area contributed by atoms with Gasteiger partial charge < -0.3 is 10.9 Å². The van der Waals surface area contributed by atoms with E-state index in [-0.39, 0.29) is 22.7 Å². The van der Waals surface area contributed by atoms with Gasteiger partial charge in [0.1, 0.15) is 10.7 Å². The Morgan fingerprint density at radius 1 is 1.50 bits per heavy atom. The van der Waals surface area contributed by atoms with Crippen molar-refractivity contribution in [3.63, 3.8) is 0 Å². The molecule has 20 heavy (non-hydrogen) atoms. The molecule has 0 spiro atoms. The van der Waals surface area contributed by atoms with Gasteiger partial charge in [-0.2, -0.15) is 0 Å². The molecule has 0 aliphatic heterocycles. The van der Waals surface area contributed by atoms with Crippen molar-refractivity contribution in [3.8, 4) is 0 Å². The number of oxime groups is 1. The number of nitrogens with one attached hydrogen (secondary N) is 1. The van der Waals surface area contributed by atoms with E-state index in [4.69, 9.17) is 10.9 Å². The molecular formula is C11H15BrN4O3S. The van der Waals surface area contributed by atoms with Crippen LogP contribution in [0.1, 0.15) is 19.3 Å². The zero-order chi connectivity index (χ0) is 14.8. The summed E-state index contributed by atoms with van der Waals surface area (Å²) >= 11 is 3.19. The Kier molecular flexibility index (Phi) is 4.61. The number of rotatable bonds is 4. The molecule has 2 atom stereocenters. The molecule has 1 fully saturated rings. The van der Waals surface area contributed by atoms with Crippen LogP contribution in [0.25, 0.3) is 0 Å². The summed E-state index contributed by atoms with van der Waals surface area (Å²) in [6.45, 7) is 0. The Morgan fingerprint density at radius 3 is 2.90 bits per heavy atom. The molecule has 0 amide bonds. The summed E-state index contributed by atoms with van der Waals surface area (Å²) in [5.41, 5.74) is 5.60. The molecule has 4 N–H and O–H groups in total. The van der Waals surface area contributed by atoms with Gasteiger partial charge in [0, 0.05) is 28.8 Å². The van der Waals surface area contributed by atoms with Crippen molar-refractivity contribution in [2.45, 2.75) is 30.2 Å². The topological polar surface area (TPSA) is 118 Å². The first-order valence-corrected chi connectivity index (χ1v) is 8.32. The summed E-state index contributed by atoms with van der Waals surface area (Å²) in [6.07, 6.45) is 4.96. The Labute approximate surface area is 125 Å². The summed E-state index contributed by atoms with van der Waals surface area (Å²) in [7, 11) is -3.68. The minimum Gasteiger partial charge on any atom is -0.409 e. The average Bonchev–Trinajstić information content (AvgIpc) is 2.85. The van der Waals surface area contributed by atoms with E-state index in [0.29, 0.717) is 17.3 Å². The highest BCUT2D eigenvalue weighted by molar-refractivity contribution is 9.10. The predicted molar refractivity (Wildman–Crippen MR) is 76.8 cm³/mol. The third-order valence-corrected chi connectivity index (χ3v) is 5.20. The second kappa shape index (κ2) is 6.06. The molecular weight excluding hydrogens is 348 g/mol. The molecule has 1 aliphatic rings. The molecule has 0 aromatic carbocycles. The van der Waals surface area contributed by atoms with Gasteiger partial charge in [0.15, 0.2) is 0 Å². The summed E-state index contributed by atoms with van der Waals surface area (Å²) in [4.78, 5) is 3.92. The second-order valence-electron chi connectivity index (χ2n) is 4.63. The number of pyridine rings is 1. The zero-order valence-electron chi connectivity index (χ0n) is 10.5. The number of amidine groups is 1. The maximum absolute atomic E-state index is 12.3. The van der Waals surface area contributed by atoms with Crippen molar-refractivity contribution in [1.29, 1.82) is 0 Å². The fourth-order valence-corrected chi connectivity index (χ4v) is 4.15. The van der Waals surface area contributed by atoms with E-state index in [2.05, 4.69) is 30.8 Å². The van der Waals surface area contributed by atoms with E-state index in [9.17, 15) is 8.42 Å². The normalized spacial score (nSPS) is 23.9. The Hall–Kier alpha value is -1.19. The number of nitrogens with two attached hydrogens (primary N) is 1. The van der Waals surface area contributed by atoms with Crippen molar-refractivity contribution >= 4 is 31.8 Å². The lowest BCUT2D eigenvalue weighted by atomic mass is 10.0. The van der Waals surface area contributed by atoms with E-state index in [1.807, 2.05) is 0 Å². The highest BCUT2D eigenvalue weighted by atomic mass is 79.9. The molecule has 0 radical (unpaired) electrons. The average molecular weight is 363 g/mol. The van der Waals surface area contributed by atoms with Gasteiger partial charge in [-0.15, -0.1) is 0 Å². The van der Waals surface area contributed by atoms with E-state index in [1.165, 1.54) is 18.5 Å². The van der Waals surface area contributed by atoms with Crippen molar-refractivity contribution < 1.29 is 13.6 Å². The summed E-state index contributed by atoms with van der Waals surface area (Å²) in [5, 5.41) is 11.7. The lowest BCUT2D eigenvalue weighted by molar-refractivity contribution is 0.312. The first-order chi connectivity index (χ1) is 9.44. The first-order valence-electron chi connectivity index (χ1n) is 6.04. The quantitative estimate of drug-likeness (QED) is 0.320. The number of sulfonamides is 1. The van der Waals surface area contributed by atoms with Crippen molar-refractivity contribution in [2.75, 3.05) is 0 Å². The molecule has 1 aliphatic carbocycles. The van der Waals surface area contributed by atoms with Crippen LogP contribution in [0.2, 0.25) is 0 Å². The van der Waals surface area contributed by atoms with Gasteiger partial charge in [0.2, 0.25) is 10.0 Å². The van der Waals surface area contributed by atoms with Crippen molar-refractivity contribution in [1.82, 2.24) is 9.71 Å². The minimum atomic E-state index is -3.68. The van der Waals surface area contributed by atoms with Crippen LogP contribution in [-0.2, 0) is 10.0 Å². The van der Waals surface area contributed by atoms with Crippen molar-refractivity contribution in [3.05, 3.63) is 22.9 Å². The largest absolute Gasteiger partial charge is 0.409 e. The fourth-order valence-electron chi connectivity index (χ4n) is 2.34. The maximum atomic E-state index is 12.3. The highest BCUT2D eigenvalue weighted by Crippen LogP contribution is 2.27. The molecule has 0 saturated heterocycles. The molecule has 9 heteroatoms. The number of hydrogen-bond acceptors (Lipinski definition) is 5. The lowest BCUT2D eigenvalue weighted by Crippen LogP contribution is -2.42. The standard InChI is InChI=1S/C11H15BrN4O3S/c12-7-4-8(6-14-5-7)20(18,19)16-10-3-1-2-9(10)11(13)15-17/h4-6,9-10,16-17H,1-3H2,(H2,13,15). The first kappa shape index (κ1) is 15.2. The molecule has 2 unspecified atom stereocenters. The summed E-state index contributed by atoms with van der Waals surface area (Å²) < 4.78 is 27.8. The highest BCUT2D eigenvalue weighted by Gasteiger charge is 2.34. The Balaban J connectivity index is 2.20. The van der Waals surface area contributed by atoms with Crippen LogP contribution < -0.4 is 10.5 Å². The number of hydrogen-bond donors (Lipinski definition) is 3. The number of nitrogens with zero attached hydrogens (tertiary/aromatic N) is 2. The van der Waals surface area contributed by atoms with Crippen molar-refractivity contribution in [2.24, 2.45) is 16.8 Å². The molecule has 1 heterocycles. The molecule has 1 aromatic heterocycles. The van der Waals surface area contributed by atoms with Crippen LogP contribution in [0.3, 0.4) is 0 Å². The Bertz CT molecular complexity index is 620. The van der Waals surface area contributed by atoms with Gasteiger partial charge in [-0.1, -0.05) is 11.6 Å². The Morgan fingerprint density at radius 2 is 2.25 bits per heavy atom. The molecule has 1 aromatic rings. The minimum absolute atomic E-state index is 0.0579. The van der Waals surface area contributed by atoms with Gasteiger partial charge in [-0.05, 0) is 34.8 Å². The SMILES string of the molecule is NC(=NO)C1CCCC1NS(=O)(=O)c1cncc(Br)c1. The second-order valence-corrected chi connectivity index (χ2v) is 7.26. The summed E-state index contributed by atoms with van der Waals surface area (Å²) in [5.74, 6) is -0.225. The van der Waals surface area contributed by atoms with E-state index in [0.717, 1.165) is 6.42 Å². The number of aromatic nitrogens is 1. The molecule has 1 saturated carbocycles. The van der Waals surface area contributed by atoms with Gasteiger partial charge in [-0.25, -0.2) is 13.1 Å². The van der Waals surface area contributed by atoms with Gasteiger partial charge >= 0.3 is 0 Å². The lowest BCUT2D eigenvalue weighted by Gasteiger charge is -2.19. The fraction of sp³-hybridized carbons (Fsp3) is 0.455. The van der Waals surface area contributed by atoms with Gasteiger partial charge in [0.25, 0.3) is 0 Å². The molecule has 110 valence electrons. The van der Waals surface area contributed by atoms with Crippen LogP contribution in [0, 0.1) is 5.92 Å². The third kappa shape index (κ3) is 3.28. The maximum Gasteiger partial charge on any atom is 0.242 e. The summed E-state index contributed by atoms with van der Waals surface area (Å²) in [6, 6.07) is 1.11. The predicted octanol–water partition coefficient (Wildman–Crippen LogP) is 1.04. The van der Waals surface area contributed by atoms with Crippen LogP contribution >= 0.6 is 15.9 Å². The van der Waals surface area contributed by atoms with Gasteiger partial charge in [-0.3, -0.25) is 4.98 Å². The number of halogens is 1. The zero-order valence-corrected chi connectivity index (χ0v) is 12.9. The van der Waals surface area contributed by atoms with Crippen LogP contribution in [-0.4, -0.2) is 30.5 Å². The van der Waals surface area contributed by atoms with E-state index < -0.39 is 10.0 Å². The smallest absolute Gasteiger partial charge is 0.242 e. The van der Waals surface area contributed by atoms with Gasteiger partial charge in [0.05, 0.1) is 0 Å². The molecule has 0 bridgehead atoms.